The summed E-state index contributed by atoms with van der Waals surface area (Å²) in [6.45, 7) is 10.9. The van der Waals surface area contributed by atoms with E-state index in [4.69, 9.17) is 18.9 Å². The summed E-state index contributed by atoms with van der Waals surface area (Å²) < 4.78 is 21.8. The van der Waals surface area contributed by atoms with Gasteiger partial charge in [-0.05, 0) is 103 Å². The second-order valence-electron chi connectivity index (χ2n) is 21.3. The summed E-state index contributed by atoms with van der Waals surface area (Å²) in [5.41, 5.74) is 1.28. The molecular weight excluding hydrogens is 969 g/mol. The zero-order valence-electron chi connectivity index (χ0n) is 44.5. The Labute approximate surface area is 444 Å². The van der Waals surface area contributed by atoms with Crippen molar-refractivity contribution >= 4 is 59.0 Å². The van der Waals surface area contributed by atoms with Gasteiger partial charge >= 0.3 is 18.0 Å². The van der Waals surface area contributed by atoms with Crippen LogP contribution in [0.2, 0.25) is 0 Å². The highest BCUT2D eigenvalue weighted by atomic mass is 32.2. The number of nitrogens with one attached hydrogen (secondary N) is 5. The third kappa shape index (κ3) is 24.9. The Morgan fingerprint density at radius 2 is 1.03 bits per heavy atom. The molecule has 1 aromatic rings. The normalized spacial score (nSPS) is 21.1. The van der Waals surface area contributed by atoms with E-state index in [1.54, 1.807) is 0 Å². The van der Waals surface area contributed by atoms with E-state index in [2.05, 4.69) is 43.6 Å². The first kappa shape index (κ1) is 60.4. The second kappa shape index (κ2) is 34.3. The van der Waals surface area contributed by atoms with Crippen LogP contribution in [0, 0.1) is 0 Å². The maximum Gasteiger partial charge on any atom is 0.315 e. The number of amides is 5. The fourth-order valence-electron chi connectivity index (χ4n) is 9.97. The van der Waals surface area contributed by atoms with Gasteiger partial charge in [-0.3, -0.25) is 24.1 Å². The molecule has 4 aliphatic rings. The fourth-order valence-corrected chi connectivity index (χ4v) is 13.1. The molecule has 0 radical (unpaired) electrons. The topological polar surface area (TPSA) is 203 Å². The van der Waals surface area contributed by atoms with Crippen LogP contribution in [0.15, 0.2) is 24.3 Å². The molecule has 0 bridgehead atoms. The molecular formula is C55H90N6O10S2. The molecule has 1 aromatic carbocycles. The Morgan fingerprint density at radius 3 is 1.53 bits per heavy atom. The summed E-state index contributed by atoms with van der Waals surface area (Å²) in [4.78, 5) is 75.7. The highest BCUT2D eigenvalue weighted by Crippen LogP contribution is 2.34. The van der Waals surface area contributed by atoms with Gasteiger partial charge < -0.3 is 45.5 Å². The van der Waals surface area contributed by atoms with Crippen LogP contribution < -0.4 is 26.6 Å². The van der Waals surface area contributed by atoms with Gasteiger partial charge in [0.25, 0.3) is 5.91 Å². The van der Waals surface area contributed by atoms with Crippen molar-refractivity contribution in [2.24, 2.45) is 0 Å². The van der Waals surface area contributed by atoms with E-state index in [1.165, 1.54) is 5.56 Å². The summed E-state index contributed by atoms with van der Waals surface area (Å²) in [6, 6.07) is 8.75. The molecule has 0 spiro atoms. The molecule has 18 heteroatoms. The van der Waals surface area contributed by atoms with Crippen molar-refractivity contribution in [2.75, 3.05) is 70.8 Å². The third-order valence-corrected chi connectivity index (χ3v) is 16.9. The van der Waals surface area contributed by atoms with E-state index >= 15 is 0 Å². The van der Waals surface area contributed by atoms with Gasteiger partial charge in [-0.15, -0.1) is 0 Å². The summed E-state index contributed by atoms with van der Waals surface area (Å²) in [6.07, 6.45) is 19.6. The van der Waals surface area contributed by atoms with Crippen LogP contribution in [0.5, 0.6) is 0 Å². The molecule has 4 heterocycles. The SMILES string of the molecule is CC(C)(C)OC(=O)CCOCCOCCOCCNC(=O)c1ccc(CN(CCCCCCCC(=O)CCCCC2SCC3NC(=O)NC32)CCCCCCCC(=O)CCCCC2SCC3NC(=O)NC32)cc1. The maximum absolute atomic E-state index is 12.9. The number of nitrogens with zero attached hydrogens (tertiary/aromatic N) is 1. The molecule has 0 saturated carbocycles. The monoisotopic (exact) mass is 1060 g/mol. The number of esters is 1. The number of urea groups is 2. The van der Waals surface area contributed by atoms with E-state index in [-0.39, 0.29) is 61.1 Å². The number of hydrogen-bond donors (Lipinski definition) is 5. The lowest BCUT2D eigenvalue weighted by molar-refractivity contribution is -0.156. The Balaban J connectivity index is 0.910. The number of unbranched alkanes of at least 4 members (excludes halogenated alkanes) is 10. The molecule has 4 fully saturated rings. The van der Waals surface area contributed by atoms with Crippen LogP contribution in [0.4, 0.5) is 9.59 Å². The van der Waals surface area contributed by atoms with Gasteiger partial charge in [-0.2, -0.15) is 23.5 Å². The molecule has 5 N–H and O–H groups in total. The largest absolute Gasteiger partial charge is 0.460 e. The van der Waals surface area contributed by atoms with E-state index in [0.29, 0.717) is 92.9 Å². The van der Waals surface area contributed by atoms with Gasteiger partial charge in [-0.25, -0.2) is 9.59 Å². The average Bonchev–Trinajstić information content (AvgIpc) is 4.12. The standard InChI is InChI=1S/C55H90N6O10S2/c1-55(2,3)71-49(64)28-32-68-34-36-70-37-35-69-33-29-56-52(65)42-26-24-41(25-27-42)38-61(30-16-8-4-6-10-18-43(62)20-12-14-22-47-50-45(39-72-47)57-53(66)59-50)31-17-9-5-7-11-19-44(63)21-13-15-23-48-51-46(40-73-48)58-54(67)60-51/h24-27,45-48,50-51H,4-23,28-40H2,1-3H3,(H,56,65)(H2,57,59,66)(H2,58,60,67). The van der Waals surface area contributed by atoms with Gasteiger partial charge in [0.15, 0.2) is 0 Å². The Hall–Kier alpha value is -3.42. The maximum atomic E-state index is 12.9. The minimum atomic E-state index is -0.502. The number of hydrogen-bond acceptors (Lipinski definition) is 13. The molecule has 0 aromatic heterocycles. The lowest BCUT2D eigenvalue weighted by Crippen LogP contribution is -2.36. The number of benzene rings is 1. The number of Topliss-reactive ketones (excluding diaryl/α,β-unsaturated/α-hetero) is 2. The number of fused-ring (bicyclic) bond motifs is 2. The smallest absolute Gasteiger partial charge is 0.315 e. The van der Waals surface area contributed by atoms with Gasteiger partial charge in [0.1, 0.15) is 17.2 Å². The highest BCUT2D eigenvalue weighted by Gasteiger charge is 2.43. The van der Waals surface area contributed by atoms with Gasteiger partial charge in [-0.1, -0.05) is 63.5 Å². The van der Waals surface area contributed by atoms with Crippen molar-refractivity contribution in [1.29, 1.82) is 0 Å². The predicted molar refractivity (Wildman–Crippen MR) is 290 cm³/mol. The van der Waals surface area contributed by atoms with E-state index < -0.39 is 5.60 Å². The van der Waals surface area contributed by atoms with Gasteiger partial charge in [0, 0.05) is 66.3 Å². The van der Waals surface area contributed by atoms with Crippen molar-refractivity contribution in [2.45, 2.75) is 202 Å². The first-order valence-corrected chi connectivity index (χ1v) is 29.9. The zero-order valence-corrected chi connectivity index (χ0v) is 46.1. The van der Waals surface area contributed by atoms with Gasteiger partial charge in [0.2, 0.25) is 0 Å². The zero-order chi connectivity index (χ0) is 52.1. The lowest BCUT2D eigenvalue weighted by Gasteiger charge is -2.23. The van der Waals surface area contributed by atoms with Crippen molar-refractivity contribution in [3.05, 3.63) is 35.4 Å². The summed E-state index contributed by atoms with van der Waals surface area (Å²) >= 11 is 3.87. The van der Waals surface area contributed by atoms with Crippen molar-refractivity contribution in [3.8, 4) is 0 Å². The first-order chi connectivity index (χ1) is 35.3. The summed E-state index contributed by atoms with van der Waals surface area (Å²) in [7, 11) is 0. The second-order valence-corrected chi connectivity index (χ2v) is 23.8. The molecule has 5 amide bonds. The highest BCUT2D eigenvalue weighted by molar-refractivity contribution is 8.00. The number of rotatable bonds is 41. The molecule has 16 nitrogen and oxygen atoms in total. The molecule has 4 aliphatic heterocycles. The van der Waals surface area contributed by atoms with Crippen LogP contribution in [0.1, 0.15) is 172 Å². The molecule has 5 rings (SSSR count). The number of ether oxygens (including phenoxy) is 4. The lowest BCUT2D eigenvalue weighted by atomic mass is 10.0. The quantitative estimate of drug-likeness (QED) is 0.0239. The first-order valence-electron chi connectivity index (χ1n) is 27.8. The van der Waals surface area contributed by atoms with Crippen LogP contribution in [0.3, 0.4) is 0 Å². The van der Waals surface area contributed by atoms with E-state index in [9.17, 15) is 28.8 Å². The Bertz CT molecular complexity index is 1750. The summed E-state index contributed by atoms with van der Waals surface area (Å²) in [5.74, 6) is 2.27. The van der Waals surface area contributed by atoms with Crippen molar-refractivity contribution in [1.82, 2.24) is 31.5 Å². The molecule has 6 unspecified atom stereocenters. The van der Waals surface area contributed by atoms with Crippen LogP contribution >= 0.6 is 23.5 Å². The van der Waals surface area contributed by atoms with Crippen LogP contribution in [0.25, 0.3) is 0 Å². The molecule has 4 saturated heterocycles. The number of ketones is 2. The van der Waals surface area contributed by atoms with Crippen molar-refractivity contribution in [3.63, 3.8) is 0 Å². The molecule has 0 aliphatic carbocycles. The fraction of sp³-hybridized carbons (Fsp3) is 0.782. The Kier molecular flexibility index (Phi) is 28.4. The minimum absolute atomic E-state index is 0.0475. The number of carbonyl (C=O) groups is 6. The average molecular weight is 1060 g/mol. The van der Waals surface area contributed by atoms with Crippen LogP contribution in [-0.2, 0) is 39.9 Å². The number of thioether (sulfide) groups is 2. The van der Waals surface area contributed by atoms with Gasteiger partial charge in [0.05, 0.1) is 70.2 Å². The molecule has 6 atom stereocenters. The molecule has 73 heavy (non-hydrogen) atoms. The van der Waals surface area contributed by atoms with Crippen LogP contribution in [-0.4, -0.2) is 151 Å². The molecule has 412 valence electrons. The minimum Gasteiger partial charge on any atom is -0.460 e. The predicted octanol–water partition coefficient (Wildman–Crippen LogP) is 8.27. The third-order valence-electron chi connectivity index (χ3n) is 13.9. The van der Waals surface area contributed by atoms with E-state index in [1.807, 2.05) is 56.4 Å². The Morgan fingerprint density at radius 1 is 0.575 bits per heavy atom. The van der Waals surface area contributed by atoms with Crippen molar-refractivity contribution < 1.29 is 47.7 Å². The van der Waals surface area contributed by atoms with E-state index in [0.717, 1.165) is 134 Å². The summed E-state index contributed by atoms with van der Waals surface area (Å²) in [5, 5.41) is 15.9. The number of carbonyl (C=O) groups excluding carboxylic acids is 6.